The predicted octanol–water partition coefficient (Wildman–Crippen LogP) is 3.01. The van der Waals surface area contributed by atoms with E-state index in [0.29, 0.717) is 6.07 Å². The molecule has 1 atom stereocenters. The minimum Gasteiger partial charge on any atom is -0.514 e. The van der Waals surface area contributed by atoms with Gasteiger partial charge in [0.15, 0.2) is 0 Å². The fourth-order valence-electron chi connectivity index (χ4n) is 2.25. The number of ether oxygens (including phenoxy) is 1. The van der Waals surface area contributed by atoms with Crippen molar-refractivity contribution < 1.29 is 32.7 Å². The van der Waals surface area contributed by atoms with Crippen molar-refractivity contribution in [3.63, 3.8) is 0 Å². The molecular formula is C15H9F3NO5-. The minimum atomic E-state index is -4.83. The van der Waals surface area contributed by atoms with Crippen molar-refractivity contribution in [2.75, 3.05) is 0 Å². The van der Waals surface area contributed by atoms with E-state index in [2.05, 4.69) is 4.74 Å². The molecule has 24 heavy (non-hydrogen) atoms. The van der Waals surface area contributed by atoms with Crippen LogP contribution in [-0.2, 0) is 0 Å². The first-order valence-electron chi connectivity index (χ1n) is 6.49. The van der Waals surface area contributed by atoms with Crippen LogP contribution in [0.1, 0.15) is 17.0 Å². The summed E-state index contributed by atoms with van der Waals surface area (Å²) < 4.78 is 44.9. The Hall–Kier alpha value is -3.10. The number of nitro benzene ring substituents is 1. The number of hydrogen-bond donors (Lipinski definition) is 0. The van der Waals surface area contributed by atoms with Gasteiger partial charge in [0.2, 0.25) is 0 Å². The van der Waals surface area contributed by atoms with Gasteiger partial charge in [0.05, 0.1) is 10.7 Å². The van der Waals surface area contributed by atoms with E-state index >= 15 is 0 Å². The second-order valence-corrected chi connectivity index (χ2v) is 4.72. The Morgan fingerprint density at radius 3 is 2.25 bits per heavy atom. The van der Waals surface area contributed by atoms with E-state index in [-0.39, 0.29) is 5.56 Å². The fourth-order valence-corrected chi connectivity index (χ4v) is 2.25. The van der Waals surface area contributed by atoms with Crippen molar-refractivity contribution >= 4 is 11.8 Å². The summed E-state index contributed by atoms with van der Waals surface area (Å²) in [5.41, 5.74) is -1.53. The van der Waals surface area contributed by atoms with E-state index in [9.17, 15) is 33.2 Å². The second kappa shape index (κ2) is 6.57. The summed E-state index contributed by atoms with van der Waals surface area (Å²) in [6.45, 7) is 0. The molecule has 9 heteroatoms. The zero-order chi connectivity index (χ0) is 17.9. The molecule has 0 aliphatic heterocycles. The van der Waals surface area contributed by atoms with Gasteiger partial charge in [-0.1, -0.05) is 30.3 Å². The molecular weight excluding hydrogens is 331 g/mol. The predicted molar refractivity (Wildman–Crippen MR) is 73.5 cm³/mol. The van der Waals surface area contributed by atoms with Gasteiger partial charge in [-0.2, -0.15) is 13.2 Å². The first-order valence-corrected chi connectivity index (χ1v) is 6.49. The molecule has 2 rings (SSSR count). The molecule has 126 valence electrons. The number of nitro groups is 1. The quantitative estimate of drug-likeness (QED) is 0.369. The van der Waals surface area contributed by atoms with E-state index < -0.39 is 40.2 Å². The van der Waals surface area contributed by atoms with Crippen molar-refractivity contribution in [3.8, 4) is 5.75 Å². The number of carbonyl (C=O) groups is 1. The molecule has 0 spiro atoms. The van der Waals surface area contributed by atoms with Crippen molar-refractivity contribution in [1.82, 2.24) is 0 Å². The lowest BCUT2D eigenvalue weighted by molar-refractivity contribution is -0.385. The van der Waals surface area contributed by atoms with Crippen LogP contribution < -0.4 is 9.84 Å². The third-order valence-electron chi connectivity index (χ3n) is 3.17. The molecule has 0 aromatic heterocycles. The number of carboxylic acid groups (broad SMARTS) is 1. The average Bonchev–Trinajstić information content (AvgIpc) is 2.48. The zero-order valence-corrected chi connectivity index (χ0v) is 11.8. The Labute approximate surface area is 133 Å². The average molecular weight is 340 g/mol. The van der Waals surface area contributed by atoms with Crippen LogP contribution in [0.2, 0.25) is 0 Å². The monoisotopic (exact) mass is 340 g/mol. The van der Waals surface area contributed by atoms with E-state index in [4.69, 9.17) is 0 Å². The highest BCUT2D eigenvalue weighted by Gasteiger charge is 2.43. The number of non-ortho nitro benzene ring substituents is 1. The molecule has 0 saturated heterocycles. The van der Waals surface area contributed by atoms with Crippen molar-refractivity contribution in [3.05, 3.63) is 69.8 Å². The van der Waals surface area contributed by atoms with Gasteiger partial charge in [-0.05, 0) is 17.2 Å². The largest absolute Gasteiger partial charge is 0.514 e. The highest BCUT2D eigenvalue weighted by molar-refractivity contribution is 5.62. The van der Waals surface area contributed by atoms with Crippen LogP contribution in [-0.4, -0.2) is 17.3 Å². The fraction of sp³-hybridized carbons (Fsp3) is 0.133. The summed E-state index contributed by atoms with van der Waals surface area (Å²) in [4.78, 5) is 20.6. The minimum absolute atomic E-state index is 0.214. The maximum absolute atomic E-state index is 13.6. The van der Waals surface area contributed by atoms with Gasteiger partial charge >= 0.3 is 6.18 Å². The molecule has 1 unspecified atom stereocenters. The molecule has 6 nitrogen and oxygen atoms in total. The number of nitrogens with zero attached hydrogens (tertiary/aromatic N) is 1. The lowest BCUT2D eigenvalue weighted by Gasteiger charge is -2.24. The summed E-state index contributed by atoms with van der Waals surface area (Å²) in [5, 5.41) is 21.5. The first-order chi connectivity index (χ1) is 11.2. The summed E-state index contributed by atoms with van der Waals surface area (Å²) in [6.07, 6.45) is -6.90. The molecule has 0 heterocycles. The number of carbonyl (C=O) groups excluding carboxylic acids is 1. The van der Waals surface area contributed by atoms with E-state index in [0.717, 1.165) is 12.1 Å². The van der Waals surface area contributed by atoms with E-state index in [1.807, 2.05) is 0 Å². The van der Waals surface area contributed by atoms with Crippen LogP contribution in [0.5, 0.6) is 5.75 Å². The maximum atomic E-state index is 13.6. The van der Waals surface area contributed by atoms with Crippen LogP contribution >= 0.6 is 0 Å². The third kappa shape index (κ3) is 3.80. The third-order valence-corrected chi connectivity index (χ3v) is 3.17. The van der Waals surface area contributed by atoms with E-state index in [1.165, 1.54) is 30.3 Å². The van der Waals surface area contributed by atoms with Crippen molar-refractivity contribution in [2.24, 2.45) is 0 Å². The number of hydrogen-bond acceptors (Lipinski definition) is 5. The molecule has 2 aromatic carbocycles. The normalized spacial score (nSPS) is 12.5. The molecule has 0 amide bonds. The Kier molecular flexibility index (Phi) is 4.72. The standard InChI is InChI=1S/C15H10F3NO5/c16-15(17,18)13(9-4-2-1-3-5-9)11-8-10(19(22)23)6-7-12(11)24-14(20)21/h1-8,13H,(H,20,21)/p-1. The Morgan fingerprint density at radius 2 is 1.75 bits per heavy atom. The van der Waals surface area contributed by atoms with Gasteiger partial charge < -0.3 is 14.6 Å². The van der Waals surface area contributed by atoms with Crippen LogP contribution in [0.4, 0.5) is 23.7 Å². The molecule has 0 fully saturated rings. The van der Waals surface area contributed by atoms with Gasteiger partial charge in [-0.3, -0.25) is 10.1 Å². The number of rotatable bonds is 4. The highest BCUT2D eigenvalue weighted by atomic mass is 19.4. The molecule has 0 saturated carbocycles. The van der Waals surface area contributed by atoms with Crippen LogP contribution in [0.3, 0.4) is 0 Å². The SMILES string of the molecule is O=C([O-])Oc1ccc([N+](=O)[O-])cc1C(c1ccccc1)C(F)(F)F. The van der Waals surface area contributed by atoms with Gasteiger partial charge in [0.1, 0.15) is 5.92 Å². The molecule has 0 bridgehead atoms. The van der Waals surface area contributed by atoms with Crippen LogP contribution in [0, 0.1) is 10.1 Å². The van der Waals surface area contributed by atoms with Crippen LogP contribution in [0.15, 0.2) is 48.5 Å². The van der Waals surface area contributed by atoms with Gasteiger partial charge in [-0.25, -0.2) is 0 Å². The molecule has 2 aromatic rings. The smallest absolute Gasteiger partial charge is 0.399 e. The number of halogens is 3. The van der Waals surface area contributed by atoms with Crippen molar-refractivity contribution in [1.29, 1.82) is 0 Å². The second-order valence-electron chi connectivity index (χ2n) is 4.72. The summed E-state index contributed by atoms with van der Waals surface area (Å²) in [6, 6.07) is 8.88. The Balaban J connectivity index is 2.69. The number of alkyl halides is 3. The van der Waals surface area contributed by atoms with Gasteiger partial charge in [-0.15, -0.1) is 0 Å². The maximum Gasteiger partial charge on any atom is 0.399 e. The molecule has 0 N–H and O–H groups in total. The first kappa shape index (κ1) is 17.3. The zero-order valence-electron chi connectivity index (χ0n) is 11.8. The summed E-state index contributed by atoms with van der Waals surface area (Å²) in [5.74, 6) is -2.97. The topological polar surface area (TPSA) is 92.5 Å². The number of benzene rings is 2. The van der Waals surface area contributed by atoms with Crippen LogP contribution in [0.25, 0.3) is 0 Å². The summed E-state index contributed by atoms with van der Waals surface area (Å²) in [7, 11) is 0. The van der Waals surface area contributed by atoms with Crippen molar-refractivity contribution in [2.45, 2.75) is 12.1 Å². The Morgan fingerprint density at radius 1 is 1.12 bits per heavy atom. The molecule has 0 radical (unpaired) electrons. The Bertz CT molecular complexity index is 761. The van der Waals surface area contributed by atoms with Gasteiger partial charge in [0, 0.05) is 12.1 Å². The van der Waals surface area contributed by atoms with E-state index in [1.54, 1.807) is 0 Å². The lowest BCUT2D eigenvalue weighted by atomic mass is 9.89. The molecule has 0 aliphatic rings. The van der Waals surface area contributed by atoms with Gasteiger partial charge in [0.25, 0.3) is 11.8 Å². The molecule has 0 aliphatic carbocycles. The highest BCUT2D eigenvalue weighted by Crippen LogP contribution is 2.44. The lowest BCUT2D eigenvalue weighted by Crippen LogP contribution is -2.28. The summed E-state index contributed by atoms with van der Waals surface area (Å²) >= 11 is 0.